The van der Waals surface area contributed by atoms with Crippen molar-refractivity contribution in [2.24, 2.45) is 0 Å². The maximum absolute atomic E-state index is 13.7. The lowest BCUT2D eigenvalue weighted by Crippen LogP contribution is -2.26. The molecular weight excluding hydrogens is 273 g/mol. The van der Waals surface area contributed by atoms with Crippen LogP contribution in [0.2, 0.25) is 0 Å². The average Bonchev–Trinajstić information content (AvgIpc) is 2.44. The van der Waals surface area contributed by atoms with Gasteiger partial charge in [0.15, 0.2) is 0 Å². The predicted octanol–water partition coefficient (Wildman–Crippen LogP) is 2.35. The third-order valence-electron chi connectivity index (χ3n) is 2.91. The van der Waals surface area contributed by atoms with Crippen LogP contribution in [-0.4, -0.2) is 15.7 Å². The summed E-state index contributed by atoms with van der Waals surface area (Å²) in [4.78, 5) is 23.6. The predicted molar refractivity (Wildman–Crippen MR) is 77.9 cm³/mol. The van der Waals surface area contributed by atoms with Gasteiger partial charge in [-0.05, 0) is 37.1 Å². The van der Waals surface area contributed by atoms with E-state index in [1.54, 1.807) is 13.0 Å². The van der Waals surface area contributed by atoms with Crippen LogP contribution in [0.5, 0.6) is 0 Å². The van der Waals surface area contributed by atoms with Gasteiger partial charge in [0.05, 0.1) is 5.69 Å². The molecule has 6 heteroatoms. The Morgan fingerprint density at radius 2 is 2.10 bits per heavy atom. The molecule has 2 aromatic rings. The fourth-order valence-corrected chi connectivity index (χ4v) is 1.85. The van der Waals surface area contributed by atoms with E-state index in [1.807, 2.05) is 6.92 Å². The average molecular weight is 289 g/mol. The monoisotopic (exact) mass is 289 g/mol. The van der Waals surface area contributed by atoms with E-state index < -0.39 is 11.7 Å². The largest absolute Gasteiger partial charge is 0.318 e. The van der Waals surface area contributed by atoms with E-state index in [1.165, 1.54) is 28.9 Å². The Hall–Kier alpha value is -2.50. The van der Waals surface area contributed by atoms with Crippen molar-refractivity contribution < 1.29 is 9.18 Å². The van der Waals surface area contributed by atoms with Crippen LogP contribution in [0.1, 0.15) is 29.4 Å². The first-order valence-corrected chi connectivity index (χ1v) is 6.67. The molecule has 0 saturated carbocycles. The Morgan fingerprint density at radius 3 is 2.76 bits per heavy atom. The fraction of sp³-hybridized carbons (Fsp3) is 0.267. The van der Waals surface area contributed by atoms with Crippen LogP contribution in [-0.2, 0) is 6.54 Å². The van der Waals surface area contributed by atoms with Gasteiger partial charge < -0.3 is 5.32 Å². The van der Waals surface area contributed by atoms with Gasteiger partial charge in [-0.15, -0.1) is 0 Å². The van der Waals surface area contributed by atoms with Crippen molar-refractivity contribution in [3.63, 3.8) is 0 Å². The molecule has 0 fully saturated rings. The molecule has 1 aromatic heterocycles. The second-order valence-corrected chi connectivity index (χ2v) is 4.72. The number of aryl methyl sites for hydroxylation is 2. The highest BCUT2D eigenvalue weighted by Gasteiger charge is 2.12. The van der Waals surface area contributed by atoms with Gasteiger partial charge in [0.2, 0.25) is 0 Å². The zero-order valence-electron chi connectivity index (χ0n) is 11.9. The lowest BCUT2D eigenvalue weighted by atomic mass is 10.2. The highest BCUT2D eigenvalue weighted by Crippen LogP contribution is 2.15. The normalized spacial score (nSPS) is 10.4. The third kappa shape index (κ3) is 3.53. The molecule has 0 unspecified atom stereocenters. The molecule has 0 spiro atoms. The molecule has 0 aliphatic rings. The van der Waals surface area contributed by atoms with Crippen LogP contribution in [0, 0.1) is 12.7 Å². The molecule has 21 heavy (non-hydrogen) atoms. The van der Waals surface area contributed by atoms with Gasteiger partial charge in [-0.25, -0.2) is 9.07 Å². The van der Waals surface area contributed by atoms with E-state index >= 15 is 0 Å². The first-order valence-electron chi connectivity index (χ1n) is 6.67. The number of hydrogen-bond acceptors (Lipinski definition) is 3. The van der Waals surface area contributed by atoms with Crippen molar-refractivity contribution in [3.8, 4) is 0 Å². The van der Waals surface area contributed by atoms with Crippen molar-refractivity contribution in [1.82, 2.24) is 9.78 Å². The van der Waals surface area contributed by atoms with E-state index in [0.717, 1.165) is 12.0 Å². The number of hydrogen-bond donors (Lipinski definition) is 1. The lowest BCUT2D eigenvalue weighted by molar-refractivity contribution is 0.101. The van der Waals surface area contributed by atoms with Gasteiger partial charge in [-0.2, -0.15) is 5.10 Å². The summed E-state index contributed by atoms with van der Waals surface area (Å²) in [5, 5.41) is 6.43. The Morgan fingerprint density at radius 1 is 1.33 bits per heavy atom. The number of anilines is 1. The summed E-state index contributed by atoms with van der Waals surface area (Å²) < 4.78 is 14.9. The van der Waals surface area contributed by atoms with E-state index in [9.17, 15) is 14.0 Å². The molecule has 0 aliphatic heterocycles. The van der Waals surface area contributed by atoms with Gasteiger partial charge in [0, 0.05) is 12.6 Å². The molecule has 2 rings (SSSR count). The van der Waals surface area contributed by atoms with Crippen LogP contribution < -0.4 is 10.9 Å². The Balaban J connectivity index is 2.24. The SMILES string of the molecule is CCCn1nc(C(=O)Nc2ccc(C)cc2F)ccc1=O. The second-order valence-electron chi connectivity index (χ2n) is 4.72. The van der Waals surface area contributed by atoms with E-state index in [4.69, 9.17) is 0 Å². The summed E-state index contributed by atoms with van der Waals surface area (Å²) in [5.74, 6) is -1.06. The third-order valence-corrected chi connectivity index (χ3v) is 2.91. The molecule has 0 aliphatic carbocycles. The summed E-state index contributed by atoms with van der Waals surface area (Å²) in [7, 11) is 0. The first kappa shape index (κ1) is 14.9. The highest BCUT2D eigenvalue weighted by atomic mass is 19.1. The van der Waals surface area contributed by atoms with Gasteiger partial charge in [0.1, 0.15) is 11.5 Å². The molecule has 0 saturated heterocycles. The van der Waals surface area contributed by atoms with Gasteiger partial charge >= 0.3 is 0 Å². The lowest BCUT2D eigenvalue weighted by Gasteiger charge is -2.08. The maximum atomic E-state index is 13.7. The number of amides is 1. The fourth-order valence-electron chi connectivity index (χ4n) is 1.85. The maximum Gasteiger partial charge on any atom is 0.276 e. The number of carbonyl (C=O) groups excluding carboxylic acids is 1. The molecule has 1 N–H and O–H groups in total. The summed E-state index contributed by atoms with van der Waals surface area (Å²) >= 11 is 0. The van der Waals surface area contributed by atoms with Crippen molar-refractivity contribution in [3.05, 3.63) is 57.8 Å². The summed E-state index contributed by atoms with van der Waals surface area (Å²) in [6.07, 6.45) is 0.727. The highest BCUT2D eigenvalue weighted by molar-refractivity contribution is 6.02. The first-order chi connectivity index (χ1) is 10.0. The number of carbonyl (C=O) groups is 1. The molecule has 110 valence electrons. The van der Waals surface area contributed by atoms with Crippen LogP contribution in [0.25, 0.3) is 0 Å². The molecule has 0 atom stereocenters. The van der Waals surface area contributed by atoms with Crippen LogP contribution in [0.15, 0.2) is 35.1 Å². The topological polar surface area (TPSA) is 64.0 Å². The van der Waals surface area contributed by atoms with Crippen molar-refractivity contribution in [2.45, 2.75) is 26.8 Å². The van der Waals surface area contributed by atoms with Gasteiger partial charge in [-0.1, -0.05) is 13.0 Å². The van der Waals surface area contributed by atoms with Crippen molar-refractivity contribution in [2.75, 3.05) is 5.32 Å². The quantitative estimate of drug-likeness (QED) is 0.939. The zero-order valence-corrected chi connectivity index (χ0v) is 11.9. The number of benzene rings is 1. The number of aromatic nitrogens is 2. The smallest absolute Gasteiger partial charge is 0.276 e. The van der Waals surface area contributed by atoms with Crippen molar-refractivity contribution >= 4 is 11.6 Å². The Bertz CT molecular complexity index is 725. The van der Waals surface area contributed by atoms with E-state index in [0.29, 0.717) is 6.54 Å². The van der Waals surface area contributed by atoms with Gasteiger partial charge in [0.25, 0.3) is 11.5 Å². The summed E-state index contributed by atoms with van der Waals surface area (Å²) in [6.45, 7) is 4.10. The number of nitrogens with one attached hydrogen (secondary N) is 1. The standard InChI is InChI=1S/C15H16FN3O2/c1-3-8-19-14(20)7-6-13(18-19)15(21)17-12-5-4-10(2)9-11(12)16/h4-7,9H,3,8H2,1-2H3,(H,17,21). The van der Waals surface area contributed by atoms with Crippen LogP contribution in [0.4, 0.5) is 10.1 Å². The van der Waals surface area contributed by atoms with E-state index in [-0.39, 0.29) is 16.9 Å². The summed E-state index contributed by atoms with van der Waals surface area (Å²) in [5.41, 5.74) is 0.652. The Labute approximate surface area is 121 Å². The van der Waals surface area contributed by atoms with Crippen LogP contribution in [0.3, 0.4) is 0 Å². The molecular formula is C15H16FN3O2. The number of nitrogens with zero attached hydrogens (tertiary/aromatic N) is 2. The van der Waals surface area contributed by atoms with Crippen molar-refractivity contribution in [1.29, 1.82) is 0 Å². The molecule has 1 aromatic carbocycles. The van der Waals surface area contributed by atoms with Crippen LogP contribution >= 0.6 is 0 Å². The number of rotatable bonds is 4. The van der Waals surface area contributed by atoms with E-state index in [2.05, 4.69) is 10.4 Å². The molecule has 0 radical (unpaired) electrons. The molecule has 1 heterocycles. The summed E-state index contributed by atoms with van der Waals surface area (Å²) in [6, 6.07) is 7.13. The molecule has 5 nitrogen and oxygen atoms in total. The minimum atomic E-state index is -0.553. The Kier molecular flexibility index (Phi) is 4.47. The molecule has 1 amide bonds. The zero-order chi connectivity index (χ0) is 15.4. The minimum Gasteiger partial charge on any atom is -0.318 e. The second kappa shape index (κ2) is 6.30. The van der Waals surface area contributed by atoms with Gasteiger partial charge in [-0.3, -0.25) is 9.59 Å². The number of halogens is 1. The minimum absolute atomic E-state index is 0.0722. The molecule has 0 bridgehead atoms.